The monoisotopic (exact) mass is 289 g/mol. The number of carbonyl (C=O) groups excluding carboxylic acids is 1. The van der Waals surface area contributed by atoms with Crippen molar-refractivity contribution < 1.29 is 4.79 Å². The van der Waals surface area contributed by atoms with Crippen LogP contribution in [0.1, 0.15) is 58.7 Å². The number of aromatic nitrogens is 2. The minimum Gasteiger partial charge on any atom is -0.345 e. The van der Waals surface area contributed by atoms with Gasteiger partial charge in [-0.3, -0.25) is 9.78 Å². The molecular formula is C15H19N3OS. The minimum atomic E-state index is -0.0693. The summed E-state index contributed by atoms with van der Waals surface area (Å²) in [5.41, 5.74) is 1.79. The molecular weight excluding hydrogens is 270 g/mol. The Morgan fingerprint density at radius 2 is 2.10 bits per heavy atom. The normalized spacial score (nSPS) is 12.4. The van der Waals surface area contributed by atoms with Crippen LogP contribution in [0.15, 0.2) is 24.5 Å². The average molecular weight is 289 g/mol. The number of rotatable bonds is 4. The molecule has 0 bridgehead atoms. The fourth-order valence-corrected chi connectivity index (χ4v) is 2.82. The largest absolute Gasteiger partial charge is 0.345 e. The van der Waals surface area contributed by atoms with Crippen LogP contribution in [0, 0.1) is 6.92 Å². The van der Waals surface area contributed by atoms with E-state index < -0.39 is 0 Å². The summed E-state index contributed by atoms with van der Waals surface area (Å²) in [4.78, 5) is 21.5. The van der Waals surface area contributed by atoms with Gasteiger partial charge in [0.2, 0.25) is 0 Å². The van der Waals surface area contributed by atoms with E-state index in [4.69, 9.17) is 0 Å². The third-order valence-corrected chi connectivity index (χ3v) is 4.50. The number of amides is 1. The van der Waals surface area contributed by atoms with E-state index in [0.29, 0.717) is 10.8 Å². The molecule has 0 aliphatic heterocycles. The van der Waals surface area contributed by atoms with Crippen LogP contribution in [0.25, 0.3) is 0 Å². The second-order valence-corrected chi connectivity index (χ2v) is 6.13. The molecule has 1 atom stereocenters. The van der Waals surface area contributed by atoms with Gasteiger partial charge in [-0.1, -0.05) is 19.9 Å². The highest BCUT2D eigenvalue weighted by atomic mass is 32.1. The van der Waals surface area contributed by atoms with Crippen molar-refractivity contribution in [3.63, 3.8) is 0 Å². The fourth-order valence-electron chi connectivity index (χ4n) is 1.85. The molecule has 5 heteroatoms. The van der Waals surface area contributed by atoms with E-state index in [1.807, 2.05) is 26.0 Å². The van der Waals surface area contributed by atoms with Crippen LogP contribution >= 0.6 is 11.3 Å². The molecule has 0 aromatic carbocycles. The van der Waals surface area contributed by atoms with Crippen LogP contribution in [0.5, 0.6) is 0 Å². The molecule has 0 saturated carbocycles. The van der Waals surface area contributed by atoms with Gasteiger partial charge in [0.15, 0.2) is 0 Å². The van der Waals surface area contributed by atoms with Crippen molar-refractivity contribution in [3.05, 3.63) is 45.7 Å². The summed E-state index contributed by atoms with van der Waals surface area (Å²) in [6, 6.07) is 3.75. The predicted molar refractivity (Wildman–Crippen MR) is 81.1 cm³/mol. The Kier molecular flexibility index (Phi) is 4.49. The third kappa shape index (κ3) is 3.22. The van der Waals surface area contributed by atoms with Crippen LogP contribution in [0.3, 0.4) is 0 Å². The van der Waals surface area contributed by atoms with Crippen molar-refractivity contribution in [1.29, 1.82) is 0 Å². The second kappa shape index (κ2) is 6.13. The number of nitrogens with one attached hydrogen (secondary N) is 1. The maximum absolute atomic E-state index is 12.3. The molecule has 2 rings (SSSR count). The molecule has 2 aromatic heterocycles. The van der Waals surface area contributed by atoms with E-state index in [-0.39, 0.29) is 11.9 Å². The number of thiazole rings is 1. The maximum Gasteiger partial charge on any atom is 0.263 e. The van der Waals surface area contributed by atoms with E-state index in [1.54, 1.807) is 12.4 Å². The number of pyridine rings is 1. The van der Waals surface area contributed by atoms with E-state index in [9.17, 15) is 4.79 Å². The van der Waals surface area contributed by atoms with Crippen molar-refractivity contribution in [2.45, 2.75) is 39.7 Å². The van der Waals surface area contributed by atoms with Gasteiger partial charge in [-0.05, 0) is 25.5 Å². The van der Waals surface area contributed by atoms with E-state index >= 15 is 0 Å². The van der Waals surface area contributed by atoms with E-state index in [2.05, 4.69) is 29.1 Å². The molecule has 0 radical (unpaired) electrons. The summed E-state index contributed by atoms with van der Waals surface area (Å²) in [6.07, 6.45) is 3.49. The summed E-state index contributed by atoms with van der Waals surface area (Å²) >= 11 is 1.47. The quantitative estimate of drug-likeness (QED) is 0.937. The number of hydrogen-bond donors (Lipinski definition) is 1. The van der Waals surface area contributed by atoms with Gasteiger partial charge in [0.25, 0.3) is 5.91 Å². The highest BCUT2D eigenvalue weighted by Gasteiger charge is 2.18. The number of hydrogen-bond acceptors (Lipinski definition) is 4. The Bertz CT molecular complexity index is 592. The van der Waals surface area contributed by atoms with Gasteiger partial charge in [0.05, 0.1) is 16.7 Å². The molecule has 0 saturated heterocycles. The van der Waals surface area contributed by atoms with Gasteiger partial charge in [-0.25, -0.2) is 4.98 Å². The van der Waals surface area contributed by atoms with Gasteiger partial charge in [0.1, 0.15) is 4.88 Å². The van der Waals surface area contributed by atoms with Crippen molar-refractivity contribution >= 4 is 17.2 Å². The first-order chi connectivity index (χ1) is 9.49. The molecule has 106 valence electrons. The third-order valence-electron chi connectivity index (χ3n) is 3.05. The zero-order valence-electron chi connectivity index (χ0n) is 12.2. The summed E-state index contributed by atoms with van der Waals surface area (Å²) in [7, 11) is 0. The first-order valence-corrected chi connectivity index (χ1v) is 7.48. The molecule has 0 aliphatic rings. The van der Waals surface area contributed by atoms with Crippen LogP contribution < -0.4 is 5.32 Å². The smallest absolute Gasteiger partial charge is 0.263 e. The summed E-state index contributed by atoms with van der Waals surface area (Å²) in [5.74, 6) is 0.277. The average Bonchev–Trinajstić information content (AvgIpc) is 2.82. The minimum absolute atomic E-state index is 0.0664. The van der Waals surface area contributed by atoms with E-state index in [1.165, 1.54) is 11.3 Å². The Labute approximate surface area is 123 Å². The van der Waals surface area contributed by atoms with Crippen molar-refractivity contribution in [2.75, 3.05) is 0 Å². The number of aryl methyl sites for hydroxylation is 1. The molecule has 0 aliphatic carbocycles. The van der Waals surface area contributed by atoms with E-state index in [0.717, 1.165) is 16.3 Å². The Morgan fingerprint density at radius 3 is 2.65 bits per heavy atom. The standard InChI is InChI=1S/C15H19N3OS/c1-9(2)15-18-11(4)13(20-15)14(19)17-10(3)12-6-5-7-16-8-12/h5-10H,1-4H3,(H,17,19)/t10-/m1/s1. The molecule has 0 spiro atoms. The van der Waals surface area contributed by atoms with Gasteiger partial charge in [-0.2, -0.15) is 0 Å². The topological polar surface area (TPSA) is 54.9 Å². The molecule has 2 aromatic rings. The molecule has 0 fully saturated rings. The number of nitrogens with zero attached hydrogens (tertiary/aromatic N) is 2. The SMILES string of the molecule is Cc1nc(C(C)C)sc1C(=O)N[C@H](C)c1cccnc1. The van der Waals surface area contributed by atoms with Crippen LogP contribution in [-0.4, -0.2) is 15.9 Å². The van der Waals surface area contributed by atoms with Crippen LogP contribution in [-0.2, 0) is 0 Å². The first kappa shape index (κ1) is 14.7. The highest BCUT2D eigenvalue weighted by Crippen LogP contribution is 2.25. The fraction of sp³-hybridized carbons (Fsp3) is 0.400. The van der Waals surface area contributed by atoms with Crippen molar-refractivity contribution in [3.8, 4) is 0 Å². The Hall–Kier alpha value is -1.75. The van der Waals surface area contributed by atoms with Crippen molar-refractivity contribution in [1.82, 2.24) is 15.3 Å². The lowest BCUT2D eigenvalue weighted by Crippen LogP contribution is -2.26. The zero-order valence-corrected chi connectivity index (χ0v) is 13.0. The lowest BCUT2D eigenvalue weighted by Gasteiger charge is -2.13. The summed E-state index contributed by atoms with van der Waals surface area (Å²) in [6.45, 7) is 8.00. The lowest BCUT2D eigenvalue weighted by molar-refractivity contribution is 0.0943. The van der Waals surface area contributed by atoms with Crippen molar-refractivity contribution in [2.24, 2.45) is 0 Å². The summed E-state index contributed by atoms with van der Waals surface area (Å²) < 4.78 is 0. The Balaban J connectivity index is 2.12. The number of carbonyl (C=O) groups is 1. The molecule has 0 unspecified atom stereocenters. The predicted octanol–water partition coefficient (Wildman–Crippen LogP) is 3.46. The lowest BCUT2D eigenvalue weighted by atomic mass is 10.1. The maximum atomic E-state index is 12.3. The van der Waals surface area contributed by atoms with Gasteiger partial charge >= 0.3 is 0 Å². The first-order valence-electron chi connectivity index (χ1n) is 6.67. The zero-order chi connectivity index (χ0) is 14.7. The Morgan fingerprint density at radius 1 is 1.35 bits per heavy atom. The van der Waals surface area contributed by atoms with Gasteiger partial charge in [0, 0.05) is 18.3 Å². The molecule has 1 N–H and O–H groups in total. The molecule has 1 amide bonds. The molecule has 20 heavy (non-hydrogen) atoms. The van der Waals surface area contributed by atoms with Crippen LogP contribution in [0.2, 0.25) is 0 Å². The highest BCUT2D eigenvalue weighted by molar-refractivity contribution is 7.13. The summed E-state index contributed by atoms with van der Waals surface area (Å²) in [5, 5.41) is 4.00. The van der Waals surface area contributed by atoms with Gasteiger partial charge in [-0.15, -0.1) is 11.3 Å². The molecule has 2 heterocycles. The van der Waals surface area contributed by atoms with Gasteiger partial charge < -0.3 is 5.32 Å². The second-order valence-electron chi connectivity index (χ2n) is 5.10. The molecule has 4 nitrogen and oxygen atoms in total. The van der Waals surface area contributed by atoms with Crippen LogP contribution in [0.4, 0.5) is 0 Å².